The van der Waals surface area contributed by atoms with Crippen LogP contribution in [0.1, 0.15) is 31.4 Å². The number of hydrogen-bond acceptors (Lipinski definition) is 4. The van der Waals surface area contributed by atoms with E-state index >= 15 is 0 Å². The van der Waals surface area contributed by atoms with Crippen LogP contribution in [0.2, 0.25) is 0 Å². The smallest absolute Gasteiger partial charge is 0.319 e. The lowest BCUT2D eigenvalue weighted by Gasteiger charge is -2.19. The summed E-state index contributed by atoms with van der Waals surface area (Å²) in [4.78, 5) is 23.2. The number of rotatable bonds is 6. The van der Waals surface area contributed by atoms with Crippen LogP contribution in [0.3, 0.4) is 0 Å². The topological polar surface area (TPSA) is 84.9 Å². The van der Waals surface area contributed by atoms with Gasteiger partial charge in [-0.25, -0.2) is 4.39 Å². The third kappa shape index (κ3) is 2.70. The minimum absolute atomic E-state index is 0.201. The van der Waals surface area contributed by atoms with E-state index in [1.165, 1.54) is 26.4 Å². The molecule has 1 aliphatic carbocycles. The zero-order valence-corrected chi connectivity index (χ0v) is 12.6. The second-order valence-electron chi connectivity index (χ2n) is 5.31. The summed E-state index contributed by atoms with van der Waals surface area (Å²) in [7, 11) is 2.82. The highest BCUT2D eigenvalue weighted by Gasteiger charge is 2.57. The number of benzene rings is 1. The van der Waals surface area contributed by atoms with E-state index in [1.807, 2.05) is 0 Å². The van der Waals surface area contributed by atoms with E-state index in [0.29, 0.717) is 18.6 Å². The molecule has 1 aromatic carbocycles. The highest BCUT2D eigenvalue weighted by atomic mass is 19.1. The van der Waals surface area contributed by atoms with Gasteiger partial charge in [0.1, 0.15) is 11.2 Å². The number of methoxy groups -OCH3 is 2. The maximum atomic E-state index is 14.1. The molecule has 1 unspecified atom stereocenters. The van der Waals surface area contributed by atoms with Crippen molar-refractivity contribution in [3.05, 3.63) is 23.5 Å². The molecule has 0 heterocycles. The molecule has 0 aromatic heterocycles. The van der Waals surface area contributed by atoms with Crippen molar-refractivity contribution in [3.8, 4) is 11.5 Å². The molecule has 1 amide bonds. The Labute approximate surface area is 127 Å². The van der Waals surface area contributed by atoms with Crippen molar-refractivity contribution in [3.63, 3.8) is 0 Å². The van der Waals surface area contributed by atoms with Gasteiger partial charge >= 0.3 is 5.97 Å². The number of hydrogen-bond donors (Lipinski definition) is 2. The standard InChI is InChI=1S/C15H18FNO5/c1-8(17-13(18)15(4-5-15)14(19)20)9-6-11(21-2)12(22-3)7-10(9)16/h6-8H,4-5H2,1-3H3,(H,17,18)(H,19,20). The molecule has 0 bridgehead atoms. The van der Waals surface area contributed by atoms with E-state index in [-0.39, 0.29) is 11.3 Å². The molecule has 6 nitrogen and oxygen atoms in total. The summed E-state index contributed by atoms with van der Waals surface area (Å²) in [5.41, 5.74) is -1.16. The van der Waals surface area contributed by atoms with Crippen LogP contribution in [0.4, 0.5) is 4.39 Å². The van der Waals surface area contributed by atoms with E-state index < -0.39 is 29.2 Å². The van der Waals surface area contributed by atoms with Gasteiger partial charge in [0, 0.05) is 11.6 Å². The van der Waals surface area contributed by atoms with Crippen LogP contribution in [0.25, 0.3) is 0 Å². The fourth-order valence-corrected chi connectivity index (χ4v) is 2.28. The van der Waals surface area contributed by atoms with Crippen LogP contribution < -0.4 is 14.8 Å². The van der Waals surface area contributed by atoms with Gasteiger partial charge in [-0.2, -0.15) is 0 Å². The van der Waals surface area contributed by atoms with E-state index in [2.05, 4.69) is 5.32 Å². The average molecular weight is 311 g/mol. The van der Waals surface area contributed by atoms with E-state index in [9.17, 15) is 14.0 Å². The van der Waals surface area contributed by atoms with Crippen molar-refractivity contribution in [1.29, 1.82) is 0 Å². The maximum absolute atomic E-state index is 14.1. The van der Waals surface area contributed by atoms with Gasteiger partial charge in [-0.05, 0) is 25.8 Å². The Morgan fingerprint density at radius 3 is 2.27 bits per heavy atom. The van der Waals surface area contributed by atoms with Crippen molar-refractivity contribution >= 4 is 11.9 Å². The van der Waals surface area contributed by atoms with Gasteiger partial charge in [-0.15, -0.1) is 0 Å². The lowest BCUT2D eigenvalue weighted by molar-refractivity contribution is -0.149. The Balaban J connectivity index is 2.21. The summed E-state index contributed by atoms with van der Waals surface area (Å²) in [5.74, 6) is -1.73. The first kappa shape index (κ1) is 16.1. The molecule has 22 heavy (non-hydrogen) atoms. The molecule has 0 aliphatic heterocycles. The average Bonchev–Trinajstić information content (AvgIpc) is 3.28. The summed E-state index contributed by atoms with van der Waals surface area (Å²) in [6, 6.07) is 1.91. The minimum atomic E-state index is -1.36. The number of aliphatic carboxylic acids is 1. The first-order valence-corrected chi connectivity index (χ1v) is 6.81. The largest absolute Gasteiger partial charge is 0.493 e. The Morgan fingerprint density at radius 1 is 1.27 bits per heavy atom. The molecule has 120 valence electrons. The Hall–Kier alpha value is -2.31. The summed E-state index contributed by atoms with van der Waals surface area (Å²) in [6.07, 6.45) is 0.602. The molecule has 0 saturated heterocycles. The number of carboxylic acid groups (broad SMARTS) is 1. The van der Waals surface area contributed by atoms with Gasteiger partial charge in [0.15, 0.2) is 11.5 Å². The summed E-state index contributed by atoms with van der Waals surface area (Å²) < 4.78 is 24.2. The summed E-state index contributed by atoms with van der Waals surface area (Å²) in [5, 5.41) is 11.6. The van der Waals surface area contributed by atoms with Crippen LogP contribution in [0, 0.1) is 11.2 Å². The zero-order chi connectivity index (χ0) is 16.5. The second kappa shape index (κ2) is 5.82. The molecule has 2 rings (SSSR count). The van der Waals surface area contributed by atoms with E-state index in [4.69, 9.17) is 14.6 Å². The van der Waals surface area contributed by atoms with Gasteiger partial charge in [0.2, 0.25) is 5.91 Å². The highest BCUT2D eigenvalue weighted by molar-refractivity contribution is 6.04. The zero-order valence-electron chi connectivity index (χ0n) is 12.6. The number of carboxylic acids is 1. The molecule has 2 N–H and O–H groups in total. The van der Waals surface area contributed by atoms with Crippen molar-refractivity contribution in [2.75, 3.05) is 14.2 Å². The van der Waals surface area contributed by atoms with Gasteiger partial charge < -0.3 is 19.9 Å². The molecular weight excluding hydrogens is 293 g/mol. The number of carbonyl (C=O) groups is 2. The van der Waals surface area contributed by atoms with Crippen LogP contribution in [0.5, 0.6) is 11.5 Å². The summed E-state index contributed by atoms with van der Waals surface area (Å²) >= 11 is 0. The van der Waals surface area contributed by atoms with Crippen molar-refractivity contribution < 1.29 is 28.6 Å². The van der Waals surface area contributed by atoms with Gasteiger partial charge in [-0.3, -0.25) is 9.59 Å². The lowest BCUT2D eigenvalue weighted by Crippen LogP contribution is -2.38. The van der Waals surface area contributed by atoms with Crippen LogP contribution in [-0.4, -0.2) is 31.2 Å². The third-order valence-corrected chi connectivity index (χ3v) is 3.91. The molecule has 0 radical (unpaired) electrons. The number of nitrogens with one attached hydrogen (secondary N) is 1. The Kier molecular flexibility index (Phi) is 4.25. The van der Waals surface area contributed by atoms with Crippen LogP contribution in [-0.2, 0) is 9.59 Å². The molecule has 1 atom stereocenters. The molecule has 1 aliphatic rings. The van der Waals surface area contributed by atoms with Crippen molar-refractivity contribution in [1.82, 2.24) is 5.32 Å². The number of ether oxygens (including phenoxy) is 2. The van der Waals surface area contributed by atoms with Crippen LogP contribution >= 0.6 is 0 Å². The quantitative estimate of drug-likeness (QED) is 0.784. The normalized spacial score (nSPS) is 16.5. The first-order valence-electron chi connectivity index (χ1n) is 6.81. The molecule has 0 spiro atoms. The van der Waals surface area contributed by atoms with Gasteiger partial charge in [0.25, 0.3) is 0 Å². The molecule has 1 aromatic rings. The monoisotopic (exact) mass is 311 g/mol. The predicted molar refractivity (Wildman–Crippen MR) is 75.4 cm³/mol. The number of carbonyl (C=O) groups excluding carboxylic acids is 1. The number of halogens is 1. The maximum Gasteiger partial charge on any atom is 0.319 e. The molecule has 1 saturated carbocycles. The predicted octanol–water partition coefficient (Wildman–Crippen LogP) is 1.88. The first-order chi connectivity index (χ1) is 10.4. The third-order valence-electron chi connectivity index (χ3n) is 3.91. The van der Waals surface area contributed by atoms with Crippen LogP contribution in [0.15, 0.2) is 12.1 Å². The molecule has 7 heteroatoms. The van der Waals surface area contributed by atoms with Crippen molar-refractivity contribution in [2.24, 2.45) is 5.41 Å². The fraction of sp³-hybridized carbons (Fsp3) is 0.467. The Bertz CT molecular complexity index is 612. The fourth-order valence-electron chi connectivity index (χ4n) is 2.28. The minimum Gasteiger partial charge on any atom is -0.493 e. The highest BCUT2D eigenvalue weighted by Crippen LogP contribution is 2.46. The van der Waals surface area contributed by atoms with Gasteiger partial charge in [0.05, 0.1) is 20.3 Å². The lowest BCUT2D eigenvalue weighted by atomic mass is 10.0. The van der Waals surface area contributed by atoms with E-state index in [1.54, 1.807) is 6.92 Å². The molecular formula is C15H18FNO5. The van der Waals surface area contributed by atoms with Crippen molar-refractivity contribution in [2.45, 2.75) is 25.8 Å². The SMILES string of the molecule is COc1cc(F)c(C(C)NC(=O)C2(C(=O)O)CC2)cc1OC. The Morgan fingerprint density at radius 2 is 1.82 bits per heavy atom. The number of amides is 1. The van der Waals surface area contributed by atoms with Gasteiger partial charge in [-0.1, -0.05) is 0 Å². The second-order valence-corrected chi connectivity index (χ2v) is 5.31. The molecule has 1 fully saturated rings. The summed E-state index contributed by atoms with van der Waals surface area (Å²) in [6.45, 7) is 1.58. The van der Waals surface area contributed by atoms with E-state index in [0.717, 1.165) is 0 Å².